The van der Waals surface area contributed by atoms with Crippen molar-refractivity contribution in [2.45, 2.75) is 58.8 Å². The number of hydrogen-bond acceptors (Lipinski definition) is 1. The largest absolute Gasteiger partial charge is 0.359 e. The average Bonchev–Trinajstić information content (AvgIpc) is 2.65. The van der Waals surface area contributed by atoms with E-state index >= 15 is 0 Å². The van der Waals surface area contributed by atoms with Crippen LogP contribution in [0.5, 0.6) is 0 Å². The molecule has 1 rings (SSSR count). The highest BCUT2D eigenvalue weighted by Gasteiger charge is 2.06. The zero-order valence-corrected chi connectivity index (χ0v) is 10.5. The predicted octanol–water partition coefficient (Wildman–Crippen LogP) is 4.04. The molecule has 0 radical (unpaired) electrons. The highest BCUT2D eigenvalue weighted by molar-refractivity contribution is 5.75. The quantitative estimate of drug-likeness (QED) is 0.521. The highest BCUT2D eigenvalue weighted by atomic mass is 16.1. The number of carbonyl (C=O) groups excluding carboxylic acids is 1. The molecule has 0 aliphatic heterocycles. The molecule has 0 bridgehead atoms. The van der Waals surface area contributed by atoms with Crippen LogP contribution >= 0.6 is 0 Å². The van der Waals surface area contributed by atoms with E-state index in [4.69, 9.17) is 0 Å². The molecule has 0 spiro atoms. The van der Waals surface area contributed by atoms with E-state index in [2.05, 4.69) is 18.8 Å². The van der Waals surface area contributed by atoms with E-state index in [9.17, 15) is 4.79 Å². The van der Waals surface area contributed by atoms with E-state index in [1.165, 1.54) is 49.7 Å². The van der Waals surface area contributed by atoms with Crippen LogP contribution in [0.2, 0.25) is 0 Å². The van der Waals surface area contributed by atoms with E-state index in [1.54, 1.807) is 0 Å². The number of carbonyl (C=O) groups is 1. The Morgan fingerprint density at radius 1 is 1.19 bits per heavy atom. The summed E-state index contributed by atoms with van der Waals surface area (Å²) in [6.07, 6.45) is 11.7. The van der Waals surface area contributed by atoms with E-state index in [0.29, 0.717) is 0 Å². The number of aromatic nitrogens is 1. The summed E-state index contributed by atoms with van der Waals surface area (Å²) in [5, 5.41) is 0. The Kier molecular flexibility index (Phi) is 5.91. The van der Waals surface area contributed by atoms with Crippen LogP contribution in [-0.2, 0) is 6.42 Å². The van der Waals surface area contributed by atoms with E-state index in [1.807, 2.05) is 6.20 Å². The molecule has 1 aromatic rings. The van der Waals surface area contributed by atoms with Gasteiger partial charge < -0.3 is 4.98 Å². The second kappa shape index (κ2) is 7.26. The first-order valence-corrected chi connectivity index (χ1v) is 6.41. The summed E-state index contributed by atoms with van der Waals surface area (Å²) in [6.45, 7) is 4.30. The highest BCUT2D eigenvalue weighted by Crippen LogP contribution is 2.16. The topological polar surface area (TPSA) is 32.9 Å². The van der Waals surface area contributed by atoms with Crippen molar-refractivity contribution in [1.29, 1.82) is 0 Å². The van der Waals surface area contributed by atoms with Crippen LogP contribution in [0.1, 0.15) is 67.1 Å². The summed E-state index contributed by atoms with van der Waals surface area (Å²) in [6, 6.07) is 0. The summed E-state index contributed by atoms with van der Waals surface area (Å²) in [5.74, 6) is 0. The standard InChI is InChI=1S/C14H23NO/c1-3-4-5-6-7-8-9-13-12(2)10-15-14(13)11-16/h10-11,15H,3-9H2,1-2H3. The molecule has 0 aliphatic carbocycles. The van der Waals surface area contributed by atoms with Crippen molar-refractivity contribution in [1.82, 2.24) is 4.98 Å². The van der Waals surface area contributed by atoms with Gasteiger partial charge in [-0.1, -0.05) is 39.0 Å². The monoisotopic (exact) mass is 221 g/mol. The SMILES string of the molecule is CCCCCCCCc1c(C)c[nH]c1C=O. The minimum Gasteiger partial charge on any atom is -0.359 e. The number of hydrogen-bond donors (Lipinski definition) is 1. The number of nitrogens with one attached hydrogen (secondary N) is 1. The van der Waals surface area contributed by atoms with Crippen LogP contribution in [-0.4, -0.2) is 11.3 Å². The van der Waals surface area contributed by atoms with Crippen LogP contribution in [0.4, 0.5) is 0 Å². The predicted molar refractivity (Wildman–Crippen MR) is 68.0 cm³/mol. The van der Waals surface area contributed by atoms with E-state index in [0.717, 1.165) is 18.4 Å². The lowest BCUT2D eigenvalue weighted by atomic mass is 10.0. The van der Waals surface area contributed by atoms with Crippen molar-refractivity contribution >= 4 is 6.29 Å². The molecule has 0 atom stereocenters. The van der Waals surface area contributed by atoms with Crippen molar-refractivity contribution in [3.05, 3.63) is 23.0 Å². The van der Waals surface area contributed by atoms with Gasteiger partial charge >= 0.3 is 0 Å². The molecule has 2 heteroatoms. The Hall–Kier alpha value is -1.05. The van der Waals surface area contributed by atoms with Crippen LogP contribution < -0.4 is 0 Å². The third-order valence-electron chi connectivity index (χ3n) is 3.14. The maximum atomic E-state index is 10.8. The minimum absolute atomic E-state index is 0.769. The van der Waals surface area contributed by atoms with Crippen molar-refractivity contribution in [2.24, 2.45) is 0 Å². The number of rotatable bonds is 8. The maximum absolute atomic E-state index is 10.8. The summed E-state index contributed by atoms with van der Waals surface area (Å²) >= 11 is 0. The molecular weight excluding hydrogens is 198 g/mol. The van der Waals surface area contributed by atoms with Gasteiger partial charge in [0.25, 0.3) is 0 Å². The first kappa shape index (κ1) is 13.0. The van der Waals surface area contributed by atoms with Crippen molar-refractivity contribution < 1.29 is 4.79 Å². The number of H-pyrrole nitrogens is 1. The van der Waals surface area contributed by atoms with Gasteiger partial charge in [-0.2, -0.15) is 0 Å². The molecule has 0 amide bonds. The Bertz CT molecular complexity index is 315. The first-order valence-electron chi connectivity index (χ1n) is 6.41. The number of aldehydes is 1. The Morgan fingerprint density at radius 3 is 2.56 bits per heavy atom. The van der Waals surface area contributed by atoms with Gasteiger partial charge in [0, 0.05) is 6.20 Å². The molecule has 1 heterocycles. The second-order valence-corrected chi connectivity index (χ2v) is 4.50. The third kappa shape index (κ3) is 3.84. The molecule has 0 saturated carbocycles. The van der Waals surface area contributed by atoms with E-state index < -0.39 is 0 Å². The van der Waals surface area contributed by atoms with Crippen molar-refractivity contribution in [3.63, 3.8) is 0 Å². The van der Waals surface area contributed by atoms with Crippen LogP contribution in [0.25, 0.3) is 0 Å². The summed E-state index contributed by atoms with van der Waals surface area (Å²) < 4.78 is 0. The molecule has 0 aromatic carbocycles. The molecule has 0 aliphatic rings. The van der Waals surface area contributed by atoms with Gasteiger partial charge in [-0.05, 0) is 30.9 Å². The van der Waals surface area contributed by atoms with Gasteiger partial charge in [-0.3, -0.25) is 4.79 Å². The van der Waals surface area contributed by atoms with Crippen LogP contribution in [0.15, 0.2) is 6.20 Å². The molecule has 2 nitrogen and oxygen atoms in total. The van der Waals surface area contributed by atoms with Crippen LogP contribution in [0.3, 0.4) is 0 Å². The van der Waals surface area contributed by atoms with Gasteiger partial charge in [0.2, 0.25) is 0 Å². The van der Waals surface area contributed by atoms with Crippen molar-refractivity contribution in [3.8, 4) is 0 Å². The number of aryl methyl sites for hydroxylation is 1. The van der Waals surface area contributed by atoms with Gasteiger partial charge in [0.15, 0.2) is 6.29 Å². The Balaban J connectivity index is 2.26. The lowest BCUT2D eigenvalue weighted by Crippen LogP contribution is -1.92. The normalized spacial score (nSPS) is 10.6. The second-order valence-electron chi connectivity index (χ2n) is 4.50. The van der Waals surface area contributed by atoms with Gasteiger partial charge in [0.1, 0.15) is 0 Å². The molecule has 90 valence electrons. The fourth-order valence-corrected chi connectivity index (χ4v) is 2.09. The molecule has 0 saturated heterocycles. The summed E-state index contributed by atoms with van der Waals surface area (Å²) in [4.78, 5) is 13.8. The zero-order valence-electron chi connectivity index (χ0n) is 10.5. The third-order valence-corrected chi connectivity index (χ3v) is 3.14. The molecule has 1 N–H and O–H groups in total. The molecule has 16 heavy (non-hydrogen) atoms. The lowest BCUT2D eigenvalue weighted by molar-refractivity contribution is 0.111. The molecule has 1 aromatic heterocycles. The molecule has 0 unspecified atom stereocenters. The smallest absolute Gasteiger partial charge is 0.166 e. The van der Waals surface area contributed by atoms with Gasteiger partial charge in [-0.15, -0.1) is 0 Å². The average molecular weight is 221 g/mol. The Morgan fingerprint density at radius 2 is 1.88 bits per heavy atom. The van der Waals surface area contributed by atoms with Gasteiger partial charge in [-0.25, -0.2) is 0 Å². The zero-order chi connectivity index (χ0) is 11.8. The fourth-order valence-electron chi connectivity index (χ4n) is 2.09. The summed E-state index contributed by atoms with van der Waals surface area (Å²) in [5.41, 5.74) is 3.20. The lowest BCUT2D eigenvalue weighted by Gasteiger charge is -2.02. The fraction of sp³-hybridized carbons (Fsp3) is 0.643. The van der Waals surface area contributed by atoms with Crippen LogP contribution in [0, 0.1) is 6.92 Å². The maximum Gasteiger partial charge on any atom is 0.166 e. The molecule has 0 fully saturated rings. The number of unbranched alkanes of at least 4 members (excludes halogenated alkanes) is 5. The van der Waals surface area contributed by atoms with Crippen molar-refractivity contribution in [2.75, 3.05) is 0 Å². The number of aromatic amines is 1. The van der Waals surface area contributed by atoms with E-state index in [-0.39, 0.29) is 0 Å². The van der Waals surface area contributed by atoms with Gasteiger partial charge in [0.05, 0.1) is 5.69 Å². The molecular formula is C14H23NO. The minimum atomic E-state index is 0.769. The first-order chi connectivity index (χ1) is 7.79. The summed E-state index contributed by atoms with van der Waals surface area (Å²) in [7, 11) is 0. The Labute approximate surface area is 98.5 Å².